The lowest BCUT2D eigenvalue weighted by Crippen LogP contribution is -2.35. The third-order valence-electron chi connectivity index (χ3n) is 2.82. The van der Waals surface area contributed by atoms with E-state index in [1.165, 1.54) is 19.3 Å². The molecule has 0 radical (unpaired) electrons. The predicted octanol–water partition coefficient (Wildman–Crippen LogP) is 2.45. The molecule has 2 unspecified atom stereocenters. The molecule has 0 amide bonds. The van der Waals surface area contributed by atoms with Crippen molar-refractivity contribution in [2.45, 2.75) is 46.1 Å². The highest BCUT2D eigenvalue weighted by atomic mass is 16.5. The van der Waals surface area contributed by atoms with Crippen LogP contribution in [0.4, 0.5) is 0 Å². The van der Waals surface area contributed by atoms with E-state index in [9.17, 15) is 0 Å². The first-order valence-electron chi connectivity index (χ1n) is 6.54. The number of rotatable bonds is 11. The molecule has 98 valence electrons. The summed E-state index contributed by atoms with van der Waals surface area (Å²) >= 11 is 0. The molecule has 0 fully saturated rings. The minimum atomic E-state index is 0.492. The van der Waals surface area contributed by atoms with Crippen molar-refractivity contribution in [1.29, 1.82) is 0 Å². The zero-order valence-electron chi connectivity index (χ0n) is 11.4. The molecule has 0 aliphatic rings. The fourth-order valence-electron chi connectivity index (χ4n) is 1.58. The van der Waals surface area contributed by atoms with Crippen molar-refractivity contribution in [3.63, 3.8) is 0 Å². The van der Waals surface area contributed by atoms with Crippen LogP contribution in [0.5, 0.6) is 0 Å². The molecule has 0 bridgehead atoms. The van der Waals surface area contributed by atoms with Gasteiger partial charge >= 0.3 is 0 Å². The van der Waals surface area contributed by atoms with E-state index in [0.29, 0.717) is 19.3 Å². The van der Waals surface area contributed by atoms with Gasteiger partial charge < -0.3 is 14.8 Å². The second kappa shape index (κ2) is 11.4. The van der Waals surface area contributed by atoms with Gasteiger partial charge in [0.2, 0.25) is 0 Å². The van der Waals surface area contributed by atoms with Crippen LogP contribution < -0.4 is 5.32 Å². The van der Waals surface area contributed by atoms with Gasteiger partial charge in [0.25, 0.3) is 0 Å². The molecule has 3 heteroatoms. The summed E-state index contributed by atoms with van der Waals surface area (Å²) in [6.45, 7) is 10.00. The zero-order chi connectivity index (χ0) is 12.2. The molecule has 0 spiro atoms. The van der Waals surface area contributed by atoms with Crippen LogP contribution in [0.15, 0.2) is 0 Å². The molecule has 0 saturated heterocycles. The number of hydrogen-bond acceptors (Lipinski definition) is 3. The first-order valence-corrected chi connectivity index (χ1v) is 6.54. The Kier molecular flexibility index (Phi) is 11.3. The van der Waals surface area contributed by atoms with E-state index >= 15 is 0 Å². The monoisotopic (exact) mass is 231 g/mol. The van der Waals surface area contributed by atoms with E-state index in [0.717, 1.165) is 19.1 Å². The molecule has 0 aromatic rings. The van der Waals surface area contributed by atoms with Crippen LogP contribution in [0.3, 0.4) is 0 Å². The lowest BCUT2D eigenvalue weighted by atomic mass is 10.00. The lowest BCUT2D eigenvalue weighted by molar-refractivity contribution is 0.0552. The van der Waals surface area contributed by atoms with Gasteiger partial charge in [-0.25, -0.2) is 0 Å². The van der Waals surface area contributed by atoms with Crippen molar-refractivity contribution < 1.29 is 9.47 Å². The SMILES string of the molecule is CCCNC(COCCOC)CC(C)CC. The van der Waals surface area contributed by atoms with Crippen LogP contribution in [0.25, 0.3) is 0 Å². The molecule has 0 saturated carbocycles. The Hall–Kier alpha value is -0.120. The van der Waals surface area contributed by atoms with E-state index in [1.807, 2.05) is 0 Å². The van der Waals surface area contributed by atoms with E-state index in [-0.39, 0.29) is 0 Å². The fourth-order valence-corrected chi connectivity index (χ4v) is 1.58. The maximum atomic E-state index is 5.59. The summed E-state index contributed by atoms with van der Waals surface area (Å²) in [6.07, 6.45) is 3.61. The predicted molar refractivity (Wildman–Crippen MR) is 68.8 cm³/mol. The van der Waals surface area contributed by atoms with Gasteiger partial charge in [-0.15, -0.1) is 0 Å². The number of nitrogens with one attached hydrogen (secondary N) is 1. The summed E-state index contributed by atoms with van der Waals surface area (Å²) in [4.78, 5) is 0. The minimum Gasteiger partial charge on any atom is -0.382 e. The summed E-state index contributed by atoms with van der Waals surface area (Å²) in [5, 5.41) is 3.55. The average Bonchev–Trinajstić information content (AvgIpc) is 2.30. The summed E-state index contributed by atoms with van der Waals surface area (Å²) in [7, 11) is 1.70. The van der Waals surface area contributed by atoms with Crippen LogP contribution in [0.1, 0.15) is 40.0 Å². The van der Waals surface area contributed by atoms with Crippen molar-refractivity contribution in [2.75, 3.05) is 33.5 Å². The summed E-state index contributed by atoms with van der Waals surface area (Å²) in [5.74, 6) is 0.764. The highest BCUT2D eigenvalue weighted by molar-refractivity contribution is 4.69. The van der Waals surface area contributed by atoms with Crippen LogP contribution in [-0.2, 0) is 9.47 Å². The molecular weight excluding hydrogens is 202 g/mol. The number of methoxy groups -OCH3 is 1. The molecule has 0 heterocycles. The lowest BCUT2D eigenvalue weighted by Gasteiger charge is -2.21. The van der Waals surface area contributed by atoms with E-state index in [1.54, 1.807) is 7.11 Å². The molecule has 0 aromatic carbocycles. The smallest absolute Gasteiger partial charge is 0.0701 e. The molecule has 0 aliphatic heterocycles. The van der Waals surface area contributed by atoms with Gasteiger partial charge in [0.1, 0.15) is 0 Å². The Bertz CT molecular complexity index is 142. The maximum absolute atomic E-state index is 5.59. The Morgan fingerprint density at radius 3 is 2.50 bits per heavy atom. The second-order valence-corrected chi connectivity index (χ2v) is 4.47. The van der Waals surface area contributed by atoms with Crippen molar-refractivity contribution in [1.82, 2.24) is 5.32 Å². The van der Waals surface area contributed by atoms with E-state index < -0.39 is 0 Å². The van der Waals surface area contributed by atoms with E-state index in [4.69, 9.17) is 9.47 Å². The highest BCUT2D eigenvalue weighted by Crippen LogP contribution is 2.10. The molecule has 0 aromatic heterocycles. The molecule has 0 rings (SSSR count). The topological polar surface area (TPSA) is 30.5 Å². The average molecular weight is 231 g/mol. The first kappa shape index (κ1) is 15.9. The molecular formula is C13H29NO2. The second-order valence-electron chi connectivity index (χ2n) is 4.47. The van der Waals surface area contributed by atoms with Crippen molar-refractivity contribution >= 4 is 0 Å². The zero-order valence-corrected chi connectivity index (χ0v) is 11.4. The molecule has 1 N–H and O–H groups in total. The van der Waals surface area contributed by atoms with Gasteiger partial charge in [-0.3, -0.25) is 0 Å². The van der Waals surface area contributed by atoms with Gasteiger partial charge in [-0.2, -0.15) is 0 Å². The van der Waals surface area contributed by atoms with Gasteiger partial charge in [-0.1, -0.05) is 27.2 Å². The standard InChI is InChI=1S/C13H29NO2/c1-5-7-14-13(10-12(3)6-2)11-16-9-8-15-4/h12-14H,5-11H2,1-4H3. The summed E-state index contributed by atoms with van der Waals surface area (Å²) in [5.41, 5.74) is 0. The Morgan fingerprint density at radius 2 is 1.94 bits per heavy atom. The Morgan fingerprint density at radius 1 is 1.19 bits per heavy atom. The van der Waals surface area contributed by atoms with E-state index in [2.05, 4.69) is 26.1 Å². The minimum absolute atomic E-state index is 0.492. The van der Waals surface area contributed by atoms with Crippen molar-refractivity contribution in [3.8, 4) is 0 Å². The van der Waals surface area contributed by atoms with Gasteiger partial charge in [0, 0.05) is 13.2 Å². The summed E-state index contributed by atoms with van der Waals surface area (Å²) < 4.78 is 10.6. The Labute approximate surface area is 101 Å². The van der Waals surface area contributed by atoms with Crippen LogP contribution in [0, 0.1) is 5.92 Å². The quantitative estimate of drug-likeness (QED) is 0.554. The van der Waals surface area contributed by atoms with Crippen LogP contribution in [0.2, 0.25) is 0 Å². The third kappa shape index (κ3) is 9.13. The Balaban J connectivity index is 3.71. The van der Waals surface area contributed by atoms with Crippen LogP contribution in [-0.4, -0.2) is 39.5 Å². The molecule has 16 heavy (non-hydrogen) atoms. The van der Waals surface area contributed by atoms with Gasteiger partial charge in [0.15, 0.2) is 0 Å². The first-order chi connectivity index (χ1) is 7.74. The van der Waals surface area contributed by atoms with Gasteiger partial charge in [-0.05, 0) is 25.3 Å². The number of hydrogen-bond donors (Lipinski definition) is 1. The molecule has 3 nitrogen and oxygen atoms in total. The largest absolute Gasteiger partial charge is 0.382 e. The van der Waals surface area contributed by atoms with Crippen molar-refractivity contribution in [3.05, 3.63) is 0 Å². The third-order valence-corrected chi connectivity index (χ3v) is 2.82. The van der Waals surface area contributed by atoms with Crippen LogP contribution >= 0.6 is 0 Å². The molecule has 0 aliphatic carbocycles. The fraction of sp³-hybridized carbons (Fsp3) is 1.00. The highest BCUT2D eigenvalue weighted by Gasteiger charge is 2.11. The van der Waals surface area contributed by atoms with Gasteiger partial charge in [0.05, 0.1) is 19.8 Å². The van der Waals surface area contributed by atoms with Crippen molar-refractivity contribution in [2.24, 2.45) is 5.92 Å². The normalized spacial score (nSPS) is 15.0. The maximum Gasteiger partial charge on any atom is 0.0701 e. The summed E-state index contributed by atoms with van der Waals surface area (Å²) in [6, 6.07) is 0.492. The number of ether oxygens (including phenoxy) is 2. The molecule has 2 atom stereocenters.